The summed E-state index contributed by atoms with van der Waals surface area (Å²) in [5.74, 6) is 1.44. The van der Waals surface area contributed by atoms with Crippen LogP contribution in [0.2, 0.25) is 0 Å². The van der Waals surface area contributed by atoms with Crippen molar-refractivity contribution in [2.45, 2.75) is 44.6 Å². The fourth-order valence-corrected chi connectivity index (χ4v) is 2.45. The third kappa shape index (κ3) is 3.48. The second-order valence-electron chi connectivity index (χ2n) is 5.46. The average Bonchev–Trinajstić information content (AvgIpc) is 2.47. The van der Waals surface area contributed by atoms with Crippen LogP contribution in [0.25, 0.3) is 0 Å². The van der Waals surface area contributed by atoms with E-state index >= 15 is 0 Å². The Morgan fingerprint density at radius 2 is 2.05 bits per heavy atom. The van der Waals surface area contributed by atoms with Crippen LogP contribution in [0.1, 0.15) is 44.6 Å². The Morgan fingerprint density at radius 3 is 2.79 bits per heavy atom. The summed E-state index contributed by atoms with van der Waals surface area (Å²) >= 11 is 0. The fourth-order valence-electron chi connectivity index (χ4n) is 2.45. The maximum atomic E-state index is 6.26. The molecule has 0 fully saturated rings. The number of hydrogen-bond acceptors (Lipinski definition) is 3. The number of benzene rings is 1. The van der Waals surface area contributed by atoms with Crippen LogP contribution >= 0.6 is 0 Å². The third-order valence-electron chi connectivity index (χ3n) is 4.20. The van der Waals surface area contributed by atoms with E-state index in [1.165, 1.54) is 5.56 Å². The molecule has 0 aliphatic carbocycles. The summed E-state index contributed by atoms with van der Waals surface area (Å²) in [6.07, 6.45) is 2.93. The van der Waals surface area contributed by atoms with E-state index in [4.69, 9.17) is 15.2 Å². The Kier molecular flexibility index (Phi) is 4.83. The van der Waals surface area contributed by atoms with E-state index in [2.05, 4.69) is 26.0 Å². The summed E-state index contributed by atoms with van der Waals surface area (Å²) in [5, 5.41) is 0. The fraction of sp³-hybridized carbons (Fsp3) is 0.625. The molecule has 2 rings (SSSR count). The summed E-state index contributed by atoms with van der Waals surface area (Å²) in [6.45, 7) is 6.40. The predicted molar refractivity (Wildman–Crippen MR) is 77.6 cm³/mol. The number of nitrogens with two attached hydrogens (primary N) is 1. The molecular formula is C16H25NO2. The molecule has 0 bridgehead atoms. The van der Waals surface area contributed by atoms with Crippen LogP contribution in [0.4, 0.5) is 0 Å². The molecule has 0 aromatic heterocycles. The lowest BCUT2D eigenvalue weighted by Crippen LogP contribution is -2.43. The van der Waals surface area contributed by atoms with Gasteiger partial charge in [-0.2, -0.15) is 0 Å². The predicted octanol–water partition coefficient (Wildman–Crippen LogP) is 3.09. The zero-order chi connectivity index (χ0) is 13.7. The van der Waals surface area contributed by atoms with Crippen LogP contribution in [0, 0.1) is 0 Å². The lowest BCUT2D eigenvalue weighted by molar-refractivity contribution is 0.0631. The van der Waals surface area contributed by atoms with Crippen LogP contribution < -0.4 is 10.5 Å². The summed E-state index contributed by atoms with van der Waals surface area (Å²) in [7, 11) is 0. The first kappa shape index (κ1) is 14.4. The topological polar surface area (TPSA) is 44.5 Å². The molecular weight excluding hydrogens is 238 g/mol. The molecule has 1 aliphatic rings. The van der Waals surface area contributed by atoms with Gasteiger partial charge in [0.05, 0.1) is 19.8 Å². The number of ether oxygens (including phenoxy) is 2. The van der Waals surface area contributed by atoms with Crippen LogP contribution in [0.5, 0.6) is 5.75 Å². The van der Waals surface area contributed by atoms with Gasteiger partial charge in [0.1, 0.15) is 5.75 Å². The Hall–Kier alpha value is -1.06. The van der Waals surface area contributed by atoms with Gasteiger partial charge in [0.15, 0.2) is 0 Å². The normalized spacial score (nSPS) is 18.8. The summed E-state index contributed by atoms with van der Waals surface area (Å²) in [4.78, 5) is 0. The van der Waals surface area contributed by atoms with Gasteiger partial charge in [-0.15, -0.1) is 0 Å². The van der Waals surface area contributed by atoms with Gasteiger partial charge in [-0.1, -0.05) is 32.0 Å². The highest BCUT2D eigenvalue weighted by molar-refractivity contribution is 5.37. The number of fused-ring (bicyclic) bond motifs is 1. The van der Waals surface area contributed by atoms with E-state index < -0.39 is 0 Å². The first-order valence-corrected chi connectivity index (χ1v) is 7.27. The second kappa shape index (κ2) is 6.40. The van der Waals surface area contributed by atoms with Gasteiger partial charge in [0.25, 0.3) is 0 Å². The molecule has 1 aromatic carbocycles. The van der Waals surface area contributed by atoms with Crippen LogP contribution in [0.15, 0.2) is 24.3 Å². The van der Waals surface area contributed by atoms with Crippen molar-refractivity contribution >= 4 is 0 Å². The van der Waals surface area contributed by atoms with Gasteiger partial charge in [-0.25, -0.2) is 0 Å². The Morgan fingerprint density at radius 1 is 1.32 bits per heavy atom. The molecule has 1 heterocycles. The van der Waals surface area contributed by atoms with Gasteiger partial charge in [0, 0.05) is 11.5 Å². The molecule has 1 aliphatic heterocycles. The van der Waals surface area contributed by atoms with Gasteiger partial charge >= 0.3 is 0 Å². The van der Waals surface area contributed by atoms with Gasteiger partial charge in [-0.05, 0) is 30.9 Å². The maximum absolute atomic E-state index is 6.26. The van der Waals surface area contributed by atoms with E-state index in [1.54, 1.807) is 0 Å². The molecule has 1 atom stereocenters. The minimum atomic E-state index is -0.176. The highest BCUT2D eigenvalue weighted by atomic mass is 16.5. The van der Waals surface area contributed by atoms with Gasteiger partial charge in [-0.3, -0.25) is 0 Å². The lowest BCUT2D eigenvalue weighted by atomic mass is 9.93. The van der Waals surface area contributed by atoms with Crippen molar-refractivity contribution in [3.8, 4) is 5.75 Å². The highest BCUT2D eigenvalue weighted by Gasteiger charge is 2.24. The largest absolute Gasteiger partial charge is 0.493 e. The maximum Gasteiger partial charge on any atom is 0.122 e. The van der Waals surface area contributed by atoms with Crippen molar-refractivity contribution in [3.05, 3.63) is 29.8 Å². The van der Waals surface area contributed by atoms with Crippen molar-refractivity contribution in [1.29, 1.82) is 0 Å². The van der Waals surface area contributed by atoms with E-state index in [9.17, 15) is 0 Å². The van der Waals surface area contributed by atoms with Crippen LogP contribution in [0.3, 0.4) is 0 Å². The first-order valence-electron chi connectivity index (χ1n) is 7.27. The summed E-state index contributed by atoms with van der Waals surface area (Å²) in [5.41, 5.74) is 7.35. The quantitative estimate of drug-likeness (QED) is 0.857. The third-order valence-corrected chi connectivity index (χ3v) is 4.20. The first-order chi connectivity index (χ1) is 9.18. The molecule has 0 saturated heterocycles. The molecule has 3 heteroatoms. The van der Waals surface area contributed by atoms with Crippen molar-refractivity contribution < 1.29 is 9.47 Å². The standard InChI is InChI=1S/C16H25NO2/c1-3-16(17,4-2)12-18-11-13-9-10-19-15-8-6-5-7-14(13)15/h5-8,13H,3-4,9-12,17H2,1-2H3. The molecule has 0 radical (unpaired) electrons. The SMILES string of the molecule is CCC(N)(CC)COCC1CCOc2ccccc21. The number of rotatable bonds is 6. The molecule has 19 heavy (non-hydrogen) atoms. The van der Waals surface area contributed by atoms with Crippen molar-refractivity contribution in [1.82, 2.24) is 0 Å². The van der Waals surface area contributed by atoms with Crippen LogP contribution in [-0.4, -0.2) is 25.4 Å². The average molecular weight is 263 g/mol. The van der Waals surface area contributed by atoms with E-state index in [-0.39, 0.29) is 5.54 Å². The molecule has 0 amide bonds. The molecule has 106 valence electrons. The van der Waals surface area contributed by atoms with Crippen molar-refractivity contribution in [2.24, 2.45) is 5.73 Å². The van der Waals surface area contributed by atoms with Crippen LogP contribution in [-0.2, 0) is 4.74 Å². The summed E-state index contributed by atoms with van der Waals surface area (Å²) in [6, 6.07) is 8.25. The van der Waals surface area contributed by atoms with E-state index in [0.29, 0.717) is 12.5 Å². The number of para-hydroxylation sites is 1. The molecule has 1 aromatic rings. The van der Waals surface area contributed by atoms with E-state index in [1.807, 2.05) is 12.1 Å². The molecule has 0 spiro atoms. The van der Waals surface area contributed by atoms with E-state index in [0.717, 1.165) is 38.2 Å². The monoisotopic (exact) mass is 263 g/mol. The Labute approximate surface area is 116 Å². The number of hydrogen-bond donors (Lipinski definition) is 1. The lowest BCUT2D eigenvalue weighted by Gasteiger charge is -2.29. The molecule has 2 N–H and O–H groups in total. The van der Waals surface area contributed by atoms with Gasteiger partial charge in [0.2, 0.25) is 0 Å². The van der Waals surface area contributed by atoms with Gasteiger partial charge < -0.3 is 15.2 Å². The van der Waals surface area contributed by atoms with Crippen molar-refractivity contribution in [3.63, 3.8) is 0 Å². The zero-order valence-electron chi connectivity index (χ0n) is 12.0. The van der Waals surface area contributed by atoms with Crippen molar-refractivity contribution in [2.75, 3.05) is 19.8 Å². The minimum Gasteiger partial charge on any atom is -0.493 e. The zero-order valence-corrected chi connectivity index (χ0v) is 12.0. The second-order valence-corrected chi connectivity index (χ2v) is 5.46. The minimum absolute atomic E-state index is 0.176. The molecule has 3 nitrogen and oxygen atoms in total. The Balaban J connectivity index is 1.91. The molecule has 1 unspecified atom stereocenters. The summed E-state index contributed by atoms with van der Waals surface area (Å²) < 4.78 is 11.6. The molecule has 0 saturated carbocycles. The smallest absolute Gasteiger partial charge is 0.122 e. The Bertz CT molecular complexity index is 401. The highest BCUT2D eigenvalue weighted by Crippen LogP contribution is 2.33.